The highest BCUT2D eigenvalue weighted by atomic mass is 32.1. The Morgan fingerprint density at radius 2 is 2.04 bits per heavy atom. The summed E-state index contributed by atoms with van der Waals surface area (Å²) in [5.41, 5.74) is 7.54. The molecule has 0 saturated carbocycles. The summed E-state index contributed by atoms with van der Waals surface area (Å²) in [6.07, 6.45) is 1.41. The van der Waals surface area contributed by atoms with Crippen molar-refractivity contribution in [1.29, 1.82) is 5.26 Å². The highest BCUT2D eigenvalue weighted by Gasteiger charge is 2.13. The molecule has 7 heteroatoms. The fourth-order valence-electron chi connectivity index (χ4n) is 2.04. The number of hydrazine groups is 1. The predicted octanol–water partition coefficient (Wildman–Crippen LogP) is 3.31. The number of amides is 1. The molecule has 0 atom stereocenters. The lowest BCUT2D eigenvalue weighted by Crippen LogP contribution is -2.37. The molecule has 0 bridgehead atoms. The van der Waals surface area contributed by atoms with Crippen LogP contribution in [0.25, 0.3) is 5.57 Å². The first-order valence-corrected chi connectivity index (χ1v) is 8.98. The molecule has 0 aliphatic rings. The van der Waals surface area contributed by atoms with Crippen molar-refractivity contribution in [3.63, 3.8) is 0 Å². The molecule has 2 N–H and O–H groups in total. The van der Waals surface area contributed by atoms with Gasteiger partial charge < -0.3 is 10.2 Å². The van der Waals surface area contributed by atoms with Gasteiger partial charge in [0, 0.05) is 17.3 Å². The SMILES string of the molecule is Cc1csc(/C(C#N)=C/NNC(=O)COc2ccc(C(C)(C)C)cc2)n1. The minimum atomic E-state index is -0.353. The van der Waals surface area contributed by atoms with Crippen LogP contribution in [0.2, 0.25) is 0 Å². The van der Waals surface area contributed by atoms with Gasteiger partial charge in [0.2, 0.25) is 0 Å². The minimum absolute atomic E-state index is 0.0700. The molecule has 2 rings (SSSR count). The van der Waals surface area contributed by atoms with Crippen molar-refractivity contribution in [2.75, 3.05) is 6.61 Å². The zero-order valence-corrected chi connectivity index (χ0v) is 16.1. The van der Waals surface area contributed by atoms with Gasteiger partial charge in [-0.05, 0) is 30.0 Å². The number of aryl methyl sites for hydroxylation is 1. The number of hydrogen-bond acceptors (Lipinski definition) is 6. The molecular formula is C19H22N4O2S. The van der Waals surface area contributed by atoms with Crippen LogP contribution in [0.1, 0.15) is 37.0 Å². The number of rotatable bonds is 6. The highest BCUT2D eigenvalue weighted by Crippen LogP contribution is 2.24. The Labute approximate surface area is 157 Å². The van der Waals surface area contributed by atoms with Crippen molar-refractivity contribution in [3.05, 3.63) is 52.1 Å². The smallest absolute Gasteiger partial charge is 0.276 e. The molecule has 0 radical (unpaired) electrons. The normalized spacial score (nSPS) is 11.6. The molecule has 1 heterocycles. The Morgan fingerprint density at radius 3 is 2.58 bits per heavy atom. The van der Waals surface area contributed by atoms with Crippen LogP contribution in [-0.4, -0.2) is 17.5 Å². The highest BCUT2D eigenvalue weighted by molar-refractivity contribution is 7.10. The lowest BCUT2D eigenvalue weighted by molar-refractivity contribution is -0.123. The van der Waals surface area contributed by atoms with Crippen molar-refractivity contribution < 1.29 is 9.53 Å². The van der Waals surface area contributed by atoms with Gasteiger partial charge in [0.15, 0.2) is 6.61 Å². The molecule has 136 valence electrons. The summed E-state index contributed by atoms with van der Waals surface area (Å²) < 4.78 is 5.46. The van der Waals surface area contributed by atoms with Gasteiger partial charge in [-0.15, -0.1) is 11.3 Å². The third-order valence-corrected chi connectivity index (χ3v) is 4.48. The third-order valence-electron chi connectivity index (χ3n) is 3.49. The summed E-state index contributed by atoms with van der Waals surface area (Å²) in [5.74, 6) is 0.272. The van der Waals surface area contributed by atoms with Crippen LogP contribution in [0.4, 0.5) is 0 Å². The van der Waals surface area contributed by atoms with E-state index in [1.165, 1.54) is 23.1 Å². The van der Waals surface area contributed by atoms with Crippen LogP contribution in [0.3, 0.4) is 0 Å². The number of thiazole rings is 1. The molecule has 0 aliphatic carbocycles. The van der Waals surface area contributed by atoms with E-state index in [0.29, 0.717) is 16.3 Å². The summed E-state index contributed by atoms with van der Waals surface area (Å²) in [7, 11) is 0. The van der Waals surface area contributed by atoms with E-state index in [1.54, 1.807) is 0 Å². The maximum Gasteiger partial charge on any atom is 0.276 e. The Kier molecular flexibility index (Phi) is 6.36. The monoisotopic (exact) mass is 370 g/mol. The van der Waals surface area contributed by atoms with E-state index in [1.807, 2.05) is 42.6 Å². The average molecular weight is 370 g/mol. The molecule has 1 amide bonds. The molecule has 2 aromatic rings. The maximum atomic E-state index is 11.8. The largest absolute Gasteiger partial charge is 0.484 e. The topological polar surface area (TPSA) is 87.0 Å². The molecular weight excluding hydrogens is 348 g/mol. The van der Waals surface area contributed by atoms with E-state index >= 15 is 0 Å². The van der Waals surface area contributed by atoms with E-state index < -0.39 is 0 Å². The third kappa shape index (κ3) is 5.60. The quantitative estimate of drug-likeness (QED) is 0.602. The van der Waals surface area contributed by atoms with Gasteiger partial charge in [0.1, 0.15) is 22.4 Å². The van der Waals surface area contributed by atoms with Crippen LogP contribution in [0, 0.1) is 18.3 Å². The minimum Gasteiger partial charge on any atom is -0.484 e. The Bertz CT molecular complexity index is 826. The lowest BCUT2D eigenvalue weighted by atomic mass is 9.87. The van der Waals surface area contributed by atoms with E-state index in [-0.39, 0.29) is 17.9 Å². The first kappa shape index (κ1) is 19.5. The number of carbonyl (C=O) groups is 1. The fourth-order valence-corrected chi connectivity index (χ4v) is 2.81. The number of hydrogen-bond donors (Lipinski definition) is 2. The summed E-state index contributed by atoms with van der Waals surface area (Å²) in [5, 5.41) is 11.6. The second-order valence-electron chi connectivity index (χ2n) is 6.72. The first-order valence-electron chi connectivity index (χ1n) is 8.10. The summed E-state index contributed by atoms with van der Waals surface area (Å²) in [4.78, 5) is 16.1. The maximum absolute atomic E-state index is 11.8. The zero-order chi connectivity index (χ0) is 19.2. The number of allylic oxidation sites excluding steroid dienone is 1. The van der Waals surface area contributed by atoms with Gasteiger partial charge in [-0.1, -0.05) is 32.9 Å². The Balaban J connectivity index is 1.82. The zero-order valence-electron chi connectivity index (χ0n) is 15.3. The molecule has 1 aromatic heterocycles. The van der Waals surface area contributed by atoms with Gasteiger partial charge in [-0.25, -0.2) is 4.98 Å². The van der Waals surface area contributed by atoms with Crippen LogP contribution < -0.4 is 15.6 Å². The van der Waals surface area contributed by atoms with Crippen LogP contribution in [0.5, 0.6) is 5.75 Å². The summed E-state index contributed by atoms with van der Waals surface area (Å²) in [6, 6.07) is 9.72. The van der Waals surface area contributed by atoms with E-state index in [9.17, 15) is 4.79 Å². The van der Waals surface area contributed by atoms with Gasteiger partial charge in [0.05, 0.1) is 0 Å². The Morgan fingerprint density at radius 1 is 1.35 bits per heavy atom. The van der Waals surface area contributed by atoms with Crippen molar-refractivity contribution in [2.24, 2.45) is 0 Å². The predicted molar refractivity (Wildman–Crippen MR) is 102 cm³/mol. The van der Waals surface area contributed by atoms with Crippen LogP contribution >= 0.6 is 11.3 Å². The summed E-state index contributed by atoms with van der Waals surface area (Å²) >= 11 is 1.37. The summed E-state index contributed by atoms with van der Waals surface area (Å²) in [6.45, 7) is 8.14. The second kappa shape index (κ2) is 8.50. The molecule has 6 nitrogen and oxygen atoms in total. The number of nitriles is 1. The number of carbonyl (C=O) groups excluding carboxylic acids is 1. The molecule has 0 saturated heterocycles. The van der Waals surface area contributed by atoms with Gasteiger partial charge in [-0.3, -0.25) is 10.2 Å². The first-order chi connectivity index (χ1) is 12.3. The van der Waals surface area contributed by atoms with Crippen LogP contribution in [-0.2, 0) is 10.2 Å². The van der Waals surface area contributed by atoms with E-state index in [0.717, 1.165) is 5.69 Å². The number of nitrogens with one attached hydrogen (secondary N) is 2. The van der Waals surface area contributed by atoms with Crippen molar-refractivity contribution in [3.8, 4) is 11.8 Å². The molecule has 0 fully saturated rings. The fraction of sp³-hybridized carbons (Fsp3) is 0.316. The number of nitrogens with zero attached hydrogens (tertiary/aromatic N) is 2. The molecule has 0 spiro atoms. The van der Waals surface area contributed by atoms with E-state index in [4.69, 9.17) is 10.00 Å². The average Bonchev–Trinajstić information content (AvgIpc) is 3.02. The molecule has 0 aliphatic heterocycles. The Hall–Kier alpha value is -2.85. The van der Waals surface area contributed by atoms with Crippen molar-refractivity contribution >= 4 is 22.8 Å². The standard InChI is InChI=1S/C19H22N4O2S/c1-13-12-26-18(22-13)14(9-20)10-21-23-17(24)11-25-16-7-5-15(6-8-16)19(2,3)4/h5-8,10,12,21H,11H2,1-4H3,(H,23,24)/b14-10+. The van der Waals surface area contributed by atoms with Crippen LogP contribution in [0.15, 0.2) is 35.8 Å². The lowest BCUT2D eigenvalue weighted by Gasteiger charge is -2.19. The van der Waals surface area contributed by atoms with Crippen molar-refractivity contribution in [2.45, 2.75) is 33.1 Å². The number of ether oxygens (including phenoxy) is 1. The molecule has 1 aromatic carbocycles. The van der Waals surface area contributed by atoms with Crippen molar-refractivity contribution in [1.82, 2.24) is 15.8 Å². The van der Waals surface area contributed by atoms with Gasteiger partial charge in [0.25, 0.3) is 5.91 Å². The number of aromatic nitrogens is 1. The second-order valence-corrected chi connectivity index (χ2v) is 7.58. The number of benzene rings is 1. The van der Waals surface area contributed by atoms with E-state index in [2.05, 4.69) is 36.6 Å². The molecule has 0 unspecified atom stereocenters. The molecule has 26 heavy (non-hydrogen) atoms. The van der Waals surface area contributed by atoms with Gasteiger partial charge >= 0.3 is 0 Å². The van der Waals surface area contributed by atoms with Gasteiger partial charge in [-0.2, -0.15) is 5.26 Å².